The summed E-state index contributed by atoms with van der Waals surface area (Å²) in [6.45, 7) is 9.42. The second-order valence-corrected chi connectivity index (χ2v) is 14.2. The molecule has 3 N–H and O–H groups in total. The maximum Gasteiger partial charge on any atom is 0.471 e. The van der Waals surface area contributed by atoms with E-state index in [1.807, 2.05) is 19.2 Å². The lowest BCUT2D eigenvalue weighted by molar-refractivity contribution is -0.176. The number of hydrogen-bond acceptors (Lipinski definition) is 7. The van der Waals surface area contributed by atoms with Gasteiger partial charge in [0.2, 0.25) is 22.7 Å². The molecule has 0 bridgehead atoms. The quantitative estimate of drug-likeness (QED) is 0.231. The van der Waals surface area contributed by atoms with Crippen molar-refractivity contribution in [2.45, 2.75) is 83.1 Å². The predicted octanol–water partition coefficient (Wildman–Crippen LogP) is 0.521. The van der Waals surface area contributed by atoms with Crippen LogP contribution in [0.5, 0.6) is 0 Å². The van der Waals surface area contributed by atoms with E-state index in [2.05, 4.69) is 17.9 Å². The van der Waals surface area contributed by atoms with Crippen molar-refractivity contribution in [1.29, 1.82) is 0 Å². The number of likely N-dealkylation sites (tertiary alicyclic amines) is 3. The number of rotatable bonds is 8. The molecule has 1 aliphatic carbocycles. The maximum atomic E-state index is 14.0. The highest BCUT2D eigenvalue weighted by Gasteiger charge is 2.70. The van der Waals surface area contributed by atoms with Crippen LogP contribution in [-0.2, 0) is 24.0 Å². The summed E-state index contributed by atoms with van der Waals surface area (Å²) in [7, 11) is 0. The standard InChI is InChI=1S/C27H40F3N5O6S/c1-24(2,3)19(32-22(39)27(28,29)30)21(38)35-12-14-17(25(14,4)5)18(35)20(37)31-15(13-34-9-6-8-16(34)36)26(41,42)23(40)33-10-7-11-33/h14-15,17-19,41-42H,6-13H2,1-5H3,(H,31,37)(H,32,39)/t14-,15-,17-,18-,19+,26-/m0/s1. The molecule has 4 aliphatic rings. The Bertz CT molecular complexity index is 1150. The van der Waals surface area contributed by atoms with Gasteiger partial charge in [0.25, 0.3) is 5.91 Å². The van der Waals surface area contributed by atoms with Crippen molar-refractivity contribution in [3.05, 3.63) is 0 Å². The predicted molar refractivity (Wildman–Crippen MR) is 147 cm³/mol. The third-order valence-corrected chi connectivity index (χ3v) is 9.74. The van der Waals surface area contributed by atoms with Gasteiger partial charge in [0.05, 0.1) is 6.04 Å². The van der Waals surface area contributed by atoms with Gasteiger partial charge in [-0.15, -0.1) is 12.6 Å². The Morgan fingerprint density at radius 1 is 1.07 bits per heavy atom. The molecule has 0 radical (unpaired) electrons. The number of aliphatic hydroxyl groups is 1. The molecule has 236 valence electrons. The molecule has 5 amide bonds. The zero-order valence-corrected chi connectivity index (χ0v) is 25.3. The van der Waals surface area contributed by atoms with Crippen LogP contribution in [0.1, 0.15) is 53.9 Å². The molecule has 0 aromatic rings. The number of hydrogen-bond donors (Lipinski definition) is 4. The van der Waals surface area contributed by atoms with Gasteiger partial charge < -0.3 is 30.4 Å². The Morgan fingerprint density at radius 3 is 2.17 bits per heavy atom. The molecule has 0 aromatic carbocycles. The summed E-state index contributed by atoms with van der Waals surface area (Å²) < 4.78 is 39.4. The van der Waals surface area contributed by atoms with Crippen molar-refractivity contribution >= 4 is 42.2 Å². The molecule has 6 atom stereocenters. The minimum atomic E-state index is -5.21. The number of nitrogens with zero attached hydrogens (tertiary/aromatic N) is 3. The molecular weight excluding hydrogens is 579 g/mol. The highest BCUT2D eigenvalue weighted by atomic mass is 32.1. The minimum absolute atomic E-state index is 0.0795. The van der Waals surface area contributed by atoms with Crippen LogP contribution in [0.3, 0.4) is 0 Å². The normalized spacial score (nSPS) is 27.9. The summed E-state index contributed by atoms with van der Waals surface area (Å²) in [5, 5.41) is 15.8. The topological polar surface area (TPSA) is 139 Å². The number of alkyl halides is 3. The molecule has 3 heterocycles. The van der Waals surface area contributed by atoms with Crippen LogP contribution in [0, 0.1) is 22.7 Å². The SMILES string of the molecule is CC(C)(C)[C@H](NC(=O)C(F)(F)F)C(=O)N1C[C@H]2[C@@H]([C@H]1C(=O)N[C@@H](CN1CCCC1=O)[C@](O)(S)C(=O)N1CCC1)C2(C)C. The molecule has 3 saturated heterocycles. The first-order valence-corrected chi connectivity index (χ1v) is 14.6. The summed E-state index contributed by atoms with van der Waals surface area (Å²) in [5.41, 5.74) is -1.49. The van der Waals surface area contributed by atoms with E-state index >= 15 is 0 Å². The third-order valence-electron chi connectivity index (χ3n) is 9.24. The van der Waals surface area contributed by atoms with E-state index in [0.29, 0.717) is 26.1 Å². The van der Waals surface area contributed by atoms with E-state index in [-0.39, 0.29) is 42.7 Å². The Balaban J connectivity index is 1.62. The fourth-order valence-electron chi connectivity index (χ4n) is 6.39. The van der Waals surface area contributed by atoms with E-state index in [1.54, 1.807) is 0 Å². The van der Waals surface area contributed by atoms with Gasteiger partial charge in [-0.1, -0.05) is 34.6 Å². The van der Waals surface area contributed by atoms with E-state index in [1.165, 1.54) is 35.5 Å². The lowest BCUT2D eigenvalue weighted by atomic mass is 9.85. The number of amides is 5. The van der Waals surface area contributed by atoms with Crippen molar-refractivity contribution < 1.29 is 42.3 Å². The monoisotopic (exact) mass is 619 g/mol. The van der Waals surface area contributed by atoms with E-state index < -0.39 is 58.3 Å². The third kappa shape index (κ3) is 5.95. The first-order valence-electron chi connectivity index (χ1n) is 14.2. The number of halogens is 3. The van der Waals surface area contributed by atoms with E-state index in [9.17, 15) is 42.3 Å². The van der Waals surface area contributed by atoms with Crippen LogP contribution in [0.2, 0.25) is 0 Å². The van der Waals surface area contributed by atoms with E-state index in [0.717, 1.165) is 6.42 Å². The van der Waals surface area contributed by atoms with Gasteiger partial charge in [-0.05, 0) is 35.5 Å². The maximum absolute atomic E-state index is 14.0. The van der Waals surface area contributed by atoms with Gasteiger partial charge in [0, 0.05) is 39.1 Å². The Kier molecular flexibility index (Phi) is 8.37. The highest BCUT2D eigenvalue weighted by Crippen LogP contribution is 2.65. The zero-order chi connectivity index (χ0) is 31.6. The van der Waals surface area contributed by atoms with Crippen molar-refractivity contribution in [1.82, 2.24) is 25.3 Å². The van der Waals surface area contributed by atoms with E-state index in [4.69, 9.17) is 0 Å². The molecule has 0 aromatic heterocycles. The number of thiol groups is 1. The van der Waals surface area contributed by atoms with Gasteiger partial charge in [0.1, 0.15) is 12.1 Å². The van der Waals surface area contributed by atoms with Gasteiger partial charge in [0.15, 0.2) is 0 Å². The fraction of sp³-hybridized carbons (Fsp3) is 0.815. The summed E-state index contributed by atoms with van der Waals surface area (Å²) >= 11 is 4.27. The van der Waals surface area contributed by atoms with Crippen molar-refractivity contribution in [2.75, 3.05) is 32.7 Å². The molecule has 4 fully saturated rings. The molecule has 42 heavy (non-hydrogen) atoms. The average Bonchev–Trinajstić information content (AvgIpc) is 3.17. The molecule has 3 aliphatic heterocycles. The molecule has 11 nitrogen and oxygen atoms in total. The number of piperidine rings is 1. The van der Waals surface area contributed by atoms with Crippen LogP contribution in [0.4, 0.5) is 13.2 Å². The summed E-state index contributed by atoms with van der Waals surface area (Å²) in [4.78, 5) is 66.8. The molecular formula is C27H40F3N5O6S. The number of nitrogens with one attached hydrogen (secondary N) is 2. The second kappa shape index (κ2) is 10.9. The van der Waals surface area contributed by atoms with Gasteiger partial charge in [-0.3, -0.25) is 24.0 Å². The molecule has 1 saturated carbocycles. The molecule has 4 rings (SSSR count). The lowest BCUT2D eigenvalue weighted by Gasteiger charge is -2.41. The van der Waals surface area contributed by atoms with Crippen LogP contribution in [0.25, 0.3) is 0 Å². The van der Waals surface area contributed by atoms with Crippen molar-refractivity contribution in [2.24, 2.45) is 22.7 Å². The molecule has 15 heteroatoms. The highest BCUT2D eigenvalue weighted by molar-refractivity contribution is 7.82. The first kappa shape index (κ1) is 32.4. The Labute approximate surface area is 248 Å². The van der Waals surface area contributed by atoms with Gasteiger partial charge >= 0.3 is 12.1 Å². The van der Waals surface area contributed by atoms with Gasteiger partial charge in [-0.2, -0.15) is 13.2 Å². The average molecular weight is 620 g/mol. The molecule has 0 unspecified atom stereocenters. The fourth-order valence-corrected chi connectivity index (χ4v) is 6.68. The van der Waals surface area contributed by atoms with Crippen molar-refractivity contribution in [3.8, 4) is 0 Å². The van der Waals surface area contributed by atoms with Crippen LogP contribution in [-0.4, -0.2) is 111 Å². The van der Waals surface area contributed by atoms with Crippen LogP contribution < -0.4 is 10.6 Å². The van der Waals surface area contributed by atoms with Crippen LogP contribution in [0.15, 0.2) is 0 Å². The Morgan fingerprint density at radius 2 is 1.69 bits per heavy atom. The smallest absolute Gasteiger partial charge is 0.369 e. The minimum Gasteiger partial charge on any atom is -0.369 e. The second-order valence-electron chi connectivity index (χ2n) is 13.5. The lowest BCUT2D eigenvalue weighted by Crippen LogP contribution is -2.66. The summed E-state index contributed by atoms with van der Waals surface area (Å²) in [5.74, 6) is -5.24. The van der Waals surface area contributed by atoms with Crippen LogP contribution >= 0.6 is 12.6 Å². The number of fused-ring (bicyclic) bond motifs is 1. The zero-order valence-electron chi connectivity index (χ0n) is 24.5. The summed E-state index contributed by atoms with van der Waals surface area (Å²) in [6.07, 6.45) is -3.61. The summed E-state index contributed by atoms with van der Waals surface area (Å²) in [6, 6.07) is -4.08. The number of carbonyl (C=O) groups excluding carboxylic acids is 5. The van der Waals surface area contributed by atoms with Crippen molar-refractivity contribution in [3.63, 3.8) is 0 Å². The largest absolute Gasteiger partial charge is 0.471 e. The number of carbonyl (C=O) groups is 5. The Hall–Kier alpha value is -2.55. The first-order chi connectivity index (χ1) is 19.2. The molecule has 0 spiro atoms. The van der Waals surface area contributed by atoms with Gasteiger partial charge in [-0.25, -0.2) is 0 Å².